The van der Waals surface area contributed by atoms with Gasteiger partial charge in [-0.2, -0.15) is 0 Å². The van der Waals surface area contributed by atoms with E-state index >= 15 is 0 Å². The molecule has 6 nitrogen and oxygen atoms in total. The van der Waals surface area contributed by atoms with Crippen LogP contribution in [0.5, 0.6) is 0 Å². The molecule has 3 fully saturated rings. The minimum Gasteiger partial charge on any atom is -0.481 e. The van der Waals surface area contributed by atoms with E-state index in [1.807, 2.05) is 23.1 Å². The van der Waals surface area contributed by atoms with Crippen molar-refractivity contribution in [3.63, 3.8) is 0 Å². The molecule has 158 valence electrons. The van der Waals surface area contributed by atoms with Gasteiger partial charge < -0.3 is 14.9 Å². The summed E-state index contributed by atoms with van der Waals surface area (Å²) in [5, 5.41) is 9.24. The van der Waals surface area contributed by atoms with Crippen molar-refractivity contribution in [1.82, 2.24) is 14.7 Å². The number of benzene rings is 1. The van der Waals surface area contributed by atoms with Crippen LogP contribution in [0.4, 0.5) is 0 Å². The molecule has 3 aliphatic rings. The number of amides is 1. The Balaban J connectivity index is 1.46. The van der Waals surface area contributed by atoms with Crippen LogP contribution < -0.4 is 0 Å². The first-order valence-electron chi connectivity index (χ1n) is 11.0. The Bertz CT molecular complexity index is 726. The van der Waals surface area contributed by atoms with Crippen LogP contribution in [-0.4, -0.2) is 84.0 Å². The van der Waals surface area contributed by atoms with Crippen LogP contribution in [0.25, 0.3) is 0 Å². The van der Waals surface area contributed by atoms with E-state index in [4.69, 9.17) is 0 Å². The maximum absolute atomic E-state index is 13.5. The first kappa shape index (κ1) is 20.4. The highest BCUT2D eigenvalue weighted by atomic mass is 16.4. The van der Waals surface area contributed by atoms with Gasteiger partial charge in [0, 0.05) is 51.7 Å². The molecule has 2 atom stereocenters. The standard InChI is InChI=1S/C23H33N3O3/c1-24-13-15-25(16-14-24)20-9-12-26(17-18(20)7-8-21(27)28)22(29)23(10-11-23)19-5-3-2-4-6-19/h2-6,18,20H,7-17H2,1H3,(H,27,28). The Labute approximate surface area is 173 Å². The first-order valence-corrected chi connectivity index (χ1v) is 11.0. The highest BCUT2D eigenvalue weighted by Gasteiger charge is 2.53. The largest absolute Gasteiger partial charge is 0.481 e. The quantitative estimate of drug-likeness (QED) is 0.793. The van der Waals surface area contributed by atoms with Gasteiger partial charge in [0.05, 0.1) is 5.41 Å². The second-order valence-corrected chi connectivity index (χ2v) is 9.09. The lowest BCUT2D eigenvalue weighted by Crippen LogP contribution is -2.57. The molecule has 1 aromatic carbocycles. The van der Waals surface area contributed by atoms with Crippen molar-refractivity contribution in [2.45, 2.75) is 43.6 Å². The number of carbonyl (C=O) groups is 2. The molecule has 0 aromatic heterocycles. The van der Waals surface area contributed by atoms with Crippen LogP contribution >= 0.6 is 0 Å². The Hall–Kier alpha value is -1.92. The second kappa shape index (κ2) is 8.44. The zero-order chi connectivity index (χ0) is 20.4. The van der Waals surface area contributed by atoms with E-state index in [-0.39, 0.29) is 23.7 Å². The Morgan fingerprint density at radius 2 is 1.76 bits per heavy atom. The van der Waals surface area contributed by atoms with E-state index in [1.54, 1.807) is 0 Å². The number of likely N-dealkylation sites (N-methyl/N-ethyl adjacent to an activating group) is 1. The first-order chi connectivity index (χ1) is 14.0. The molecule has 1 saturated carbocycles. The molecule has 1 N–H and O–H groups in total. The number of hydrogen-bond donors (Lipinski definition) is 1. The fourth-order valence-corrected chi connectivity index (χ4v) is 5.24. The number of carboxylic acid groups (broad SMARTS) is 1. The summed E-state index contributed by atoms with van der Waals surface area (Å²) in [4.78, 5) is 31.6. The lowest BCUT2D eigenvalue weighted by molar-refractivity contribution is -0.138. The van der Waals surface area contributed by atoms with Crippen molar-refractivity contribution in [2.24, 2.45) is 5.92 Å². The monoisotopic (exact) mass is 399 g/mol. The molecular formula is C23H33N3O3. The van der Waals surface area contributed by atoms with Gasteiger partial charge in [-0.25, -0.2) is 0 Å². The topological polar surface area (TPSA) is 64.1 Å². The number of likely N-dealkylation sites (tertiary alicyclic amines) is 1. The average molecular weight is 400 g/mol. The smallest absolute Gasteiger partial charge is 0.303 e. The number of hydrogen-bond acceptors (Lipinski definition) is 4. The molecule has 4 rings (SSSR count). The third-order valence-corrected chi connectivity index (χ3v) is 7.20. The lowest BCUT2D eigenvalue weighted by Gasteiger charge is -2.47. The Morgan fingerprint density at radius 1 is 1.07 bits per heavy atom. The molecule has 1 aromatic rings. The summed E-state index contributed by atoms with van der Waals surface area (Å²) >= 11 is 0. The molecular weight excluding hydrogens is 366 g/mol. The van der Waals surface area contributed by atoms with E-state index in [2.05, 4.69) is 29.0 Å². The molecule has 2 heterocycles. The highest BCUT2D eigenvalue weighted by Crippen LogP contribution is 2.50. The minimum absolute atomic E-state index is 0.181. The molecule has 0 spiro atoms. The molecule has 2 unspecified atom stereocenters. The van der Waals surface area contributed by atoms with Gasteiger partial charge in [0.15, 0.2) is 0 Å². The molecule has 2 aliphatic heterocycles. The number of carboxylic acids is 1. The van der Waals surface area contributed by atoms with E-state index in [0.29, 0.717) is 19.0 Å². The summed E-state index contributed by atoms with van der Waals surface area (Å²) in [7, 11) is 2.15. The van der Waals surface area contributed by atoms with Gasteiger partial charge in [-0.15, -0.1) is 0 Å². The summed E-state index contributed by atoms with van der Waals surface area (Å²) in [6.45, 7) is 5.66. The van der Waals surface area contributed by atoms with E-state index < -0.39 is 5.97 Å². The number of aliphatic carboxylic acids is 1. The third-order valence-electron chi connectivity index (χ3n) is 7.20. The van der Waals surface area contributed by atoms with Crippen molar-refractivity contribution in [2.75, 3.05) is 46.3 Å². The van der Waals surface area contributed by atoms with Crippen molar-refractivity contribution < 1.29 is 14.7 Å². The summed E-state index contributed by atoms with van der Waals surface area (Å²) < 4.78 is 0. The lowest BCUT2D eigenvalue weighted by atomic mass is 9.85. The summed E-state index contributed by atoms with van der Waals surface area (Å²) in [5.74, 6) is -0.256. The van der Waals surface area contributed by atoms with Gasteiger partial charge in [0.25, 0.3) is 0 Å². The van der Waals surface area contributed by atoms with Gasteiger partial charge >= 0.3 is 5.97 Å². The second-order valence-electron chi connectivity index (χ2n) is 9.09. The third kappa shape index (κ3) is 4.33. The fraction of sp³-hybridized carbons (Fsp3) is 0.652. The van der Waals surface area contributed by atoms with Crippen LogP contribution in [0, 0.1) is 5.92 Å². The number of piperazine rings is 1. The number of rotatable bonds is 6. The van der Waals surface area contributed by atoms with Gasteiger partial charge in [-0.3, -0.25) is 14.5 Å². The highest BCUT2D eigenvalue weighted by molar-refractivity contribution is 5.91. The van der Waals surface area contributed by atoms with Crippen LogP contribution in [0.2, 0.25) is 0 Å². The molecule has 29 heavy (non-hydrogen) atoms. The summed E-state index contributed by atoms with van der Waals surface area (Å²) in [6, 6.07) is 10.6. The maximum atomic E-state index is 13.5. The van der Waals surface area contributed by atoms with Gasteiger partial charge in [0.1, 0.15) is 0 Å². The molecule has 1 aliphatic carbocycles. The minimum atomic E-state index is -0.742. The summed E-state index contributed by atoms with van der Waals surface area (Å²) in [6.07, 6.45) is 3.63. The molecule has 0 bridgehead atoms. The summed E-state index contributed by atoms with van der Waals surface area (Å²) in [5.41, 5.74) is 0.799. The number of carbonyl (C=O) groups excluding carboxylic acids is 1. The van der Waals surface area contributed by atoms with E-state index in [1.165, 1.54) is 0 Å². The number of nitrogens with zero attached hydrogens (tertiary/aromatic N) is 3. The predicted octanol–water partition coefficient (Wildman–Crippen LogP) is 2.05. The van der Waals surface area contributed by atoms with Crippen LogP contribution in [0.3, 0.4) is 0 Å². The molecule has 1 amide bonds. The van der Waals surface area contributed by atoms with E-state index in [9.17, 15) is 14.7 Å². The van der Waals surface area contributed by atoms with Crippen molar-refractivity contribution in [1.29, 1.82) is 0 Å². The van der Waals surface area contributed by atoms with Crippen molar-refractivity contribution in [3.8, 4) is 0 Å². The van der Waals surface area contributed by atoms with Gasteiger partial charge in [-0.05, 0) is 44.2 Å². The zero-order valence-corrected chi connectivity index (χ0v) is 17.4. The average Bonchev–Trinajstić information content (AvgIpc) is 3.55. The SMILES string of the molecule is CN1CCN(C2CCN(C(=O)C3(c4ccccc4)CC3)CC2CCC(=O)O)CC1. The Kier molecular flexibility index (Phi) is 5.93. The molecule has 0 radical (unpaired) electrons. The Morgan fingerprint density at radius 3 is 2.38 bits per heavy atom. The number of piperidine rings is 1. The van der Waals surface area contributed by atoms with E-state index in [0.717, 1.165) is 57.5 Å². The van der Waals surface area contributed by atoms with Gasteiger partial charge in [-0.1, -0.05) is 30.3 Å². The van der Waals surface area contributed by atoms with Crippen LogP contribution in [-0.2, 0) is 15.0 Å². The molecule has 6 heteroatoms. The normalized spacial score (nSPS) is 27.6. The van der Waals surface area contributed by atoms with Crippen molar-refractivity contribution in [3.05, 3.63) is 35.9 Å². The van der Waals surface area contributed by atoms with Crippen LogP contribution in [0.1, 0.15) is 37.7 Å². The zero-order valence-electron chi connectivity index (χ0n) is 17.4. The maximum Gasteiger partial charge on any atom is 0.303 e. The molecule has 2 saturated heterocycles. The predicted molar refractivity (Wildman–Crippen MR) is 112 cm³/mol. The fourth-order valence-electron chi connectivity index (χ4n) is 5.24. The van der Waals surface area contributed by atoms with Crippen molar-refractivity contribution >= 4 is 11.9 Å². The van der Waals surface area contributed by atoms with Crippen LogP contribution in [0.15, 0.2) is 30.3 Å². The van der Waals surface area contributed by atoms with Gasteiger partial charge in [0.2, 0.25) is 5.91 Å².